The van der Waals surface area contributed by atoms with E-state index in [-0.39, 0.29) is 6.10 Å². The summed E-state index contributed by atoms with van der Waals surface area (Å²) in [5.41, 5.74) is 0. The largest absolute Gasteiger partial charge is 0.393 e. The van der Waals surface area contributed by atoms with Gasteiger partial charge in [-0.3, -0.25) is 4.90 Å². The molecule has 0 amide bonds. The Kier molecular flexibility index (Phi) is 4.48. The van der Waals surface area contributed by atoms with Crippen molar-refractivity contribution < 1.29 is 5.11 Å². The fourth-order valence-corrected chi connectivity index (χ4v) is 3.81. The average Bonchev–Trinajstić information content (AvgIpc) is 2.71. The zero-order chi connectivity index (χ0) is 12.4. The van der Waals surface area contributed by atoms with Crippen LogP contribution < -0.4 is 0 Å². The van der Waals surface area contributed by atoms with Crippen LogP contribution in [-0.2, 0) is 0 Å². The van der Waals surface area contributed by atoms with E-state index < -0.39 is 0 Å². The molecule has 0 radical (unpaired) electrons. The molecule has 0 bridgehead atoms. The Morgan fingerprint density at radius 2 is 2.00 bits per heavy atom. The molecule has 0 aromatic rings. The van der Waals surface area contributed by atoms with Gasteiger partial charge in [-0.15, -0.1) is 0 Å². The molecule has 0 aromatic carbocycles. The van der Waals surface area contributed by atoms with Gasteiger partial charge in [0, 0.05) is 12.6 Å². The summed E-state index contributed by atoms with van der Waals surface area (Å²) in [6, 6.07) is 0.763. The fourth-order valence-electron chi connectivity index (χ4n) is 3.81. The first-order valence-corrected chi connectivity index (χ1v) is 7.50. The second kappa shape index (κ2) is 5.71. The van der Waals surface area contributed by atoms with E-state index >= 15 is 0 Å². The molecule has 1 aliphatic carbocycles. The van der Waals surface area contributed by atoms with Crippen LogP contribution in [0.1, 0.15) is 52.9 Å². The van der Waals surface area contributed by atoms with E-state index in [4.69, 9.17) is 0 Å². The lowest BCUT2D eigenvalue weighted by molar-refractivity contribution is 0.0245. The molecule has 4 unspecified atom stereocenters. The van der Waals surface area contributed by atoms with Gasteiger partial charge in [0.1, 0.15) is 0 Å². The summed E-state index contributed by atoms with van der Waals surface area (Å²) >= 11 is 0. The van der Waals surface area contributed by atoms with Crippen LogP contribution in [-0.4, -0.2) is 35.2 Å². The summed E-state index contributed by atoms with van der Waals surface area (Å²) in [6.45, 7) is 9.39. The summed E-state index contributed by atoms with van der Waals surface area (Å²) in [5.74, 6) is 2.09. The van der Waals surface area contributed by atoms with Gasteiger partial charge < -0.3 is 5.11 Å². The van der Waals surface area contributed by atoms with E-state index in [9.17, 15) is 5.11 Å². The molecule has 4 atom stereocenters. The average molecular weight is 239 g/mol. The van der Waals surface area contributed by atoms with E-state index in [2.05, 4.69) is 25.7 Å². The molecule has 1 saturated carbocycles. The highest BCUT2D eigenvalue weighted by molar-refractivity contribution is 4.86. The van der Waals surface area contributed by atoms with Crippen molar-refractivity contribution in [3.63, 3.8) is 0 Å². The van der Waals surface area contributed by atoms with Crippen molar-refractivity contribution in [3.05, 3.63) is 0 Å². The smallest absolute Gasteiger partial charge is 0.0580 e. The number of aliphatic hydroxyl groups excluding tert-OH is 1. The van der Waals surface area contributed by atoms with Crippen LogP contribution in [0.3, 0.4) is 0 Å². The fraction of sp³-hybridized carbons (Fsp3) is 1.00. The van der Waals surface area contributed by atoms with Crippen molar-refractivity contribution in [2.75, 3.05) is 13.1 Å². The normalized spacial score (nSPS) is 40.1. The topological polar surface area (TPSA) is 23.5 Å². The van der Waals surface area contributed by atoms with Crippen molar-refractivity contribution in [2.24, 2.45) is 17.8 Å². The summed E-state index contributed by atoms with van der Waals surface area (Å²) in [5, 5.41) is 10.1. The highest BCUT2D eigenvalue weighted by Crippen LogP contribution is 2.32. The van der Waals surface area contributed by atoms with E-state index in [1.165, 1.54) is 32.2 Å². The zero-order valence-corrected chi connectivity index (χ0v) is 11.7. The van der Waals surface area contributed by atoms with Crippen LogP contribution in [0.2, 0.25) is 0 Å². The van der Waals surface area contributed by atoms with Crippen LogP contribution in [0, 0.1) is 17.8 Å². The first-order valence-electron chi connectivity index (χ1n) is 7.50. The van der Waals surface area contributed by atoms with Crippen LogP contribution in [0.15, 0.2) is 0 Å². The van der Waals surface area contributed by atoms with Crippen molar-refractivity contribution in [1.82, 2.24) is 4.90 Å². The van der Waals surface area contributed by atoms with Gasteiger partial charge in [0.05, 0.1) is 6.10 Å². The van der Waals surface area contributed by atoms with E-state index in [0.29, 0.717) is 5.92 Å². The SMILES string of the molecule is CC1CCC(O)C(CN2CCCC2C(C)C)C1. The van der Waals surface area contributed by atoms with Crippen molar-refractivity contribution in [3.8, 4) is 0 Å². The van der Waals surface area contributed by atoms with Crippen molar-refractivity contribution in [2.45, 2.75) is 65.0 Å². The van der Waals surface area contributed by atoms with Gasteiger partial charge in [-0.1, -0.05) is 20.8 Å². The Morgan fingerprint density at radius 3 is 2.71 bits per heavy atom. The van der Waals surface area contributed by atoms with E-state index in [1.807, 2.05) is 0 Å². The minimum Gasteiger partial charge on any atom is -0.393 e. The lowest BCUT2D eigenvalue weighted by Gasteiger charge is -2.37. The van der Waals surface area contributed by atoms with Crippen LogP contribution in [0.5, 0.6) is 0 Å². The molecule has 2 rings (SSSR count). The molecule has 100 valence electrons. The molecular formula is C15H29NO. The molecule has 17 heavy (non-hydrogen) atoms. The Hall–Kier alpha value is -0.0800. The second-order valence-corrected chi connectivity index (χ2v) is 6.69. The number of likely N-dealkylation sites (tertiary alicyclic amines) is 1. The van der Waals surface area contributed by atoms with Gasteiger partial charge >= 0.3 is 0 Å². The predicted molar refractivity (Wildman–Crippen MR) is 71.9 cm³/mol. The summed E-state index contributed by atoms with van der Waals surface area (Å²) in [6.07, 6.45) is 6.12. The van der Waals surface area contributed by atoms with E-state index in [0.717, 1.165) is 30.8 Å². The number of hydrogen-bond acceptors (Lipinski definition) is 2. The number of nitrogens with zero attached hydrogens (tertiary/aromatic N) is 1. The lowest BCUT2D eigenvalue weighted by Crippen LogP contribution is -2.42. The minimum atomic E-state index is -0.0420. The lowest BCUT2D eigenvalue weighted by atomic mass is 9.80. The van der Waals surface area contributed by atoms with Crippen molar-refractivity contribution >= 4 is 0 Å². The molecule has 2 aliphatic rings. The van der Waals surface area contributed by atoms with E-state index in [1.54, 1.807) is 0 Å². The monoisotopic (exact) mass is 239 g/mol. The van der Waals surface area contributed by atoms with Gasteiger partial charge in [-0.2, -0.15) is 0 Å². The first-order chi connectivity index (χ1) is 8.08. The molecule has 1 saturated heterocycles. The predicted octanol–water partition coefficient (Wildman–Crippen LogP) is 2.90. The van der Waals surface area contributed by atoms with Gasteiger partial charge in [-0.25, -0.2) is 0 Å². The third kappa shape index (κ3) is 3.23. The maximum Gasteiger partial charge on any atom is 0.0580 e. The number of aliphatic hydroxyl groups is 1. The molecule has 2 fully saturated rings. The minimum absolute atomic E-state index is 0.0420. The Bertz CT molecular complexity index is 241. The van der Waals surface area contributed by atoms with Gasteiger partial charge in [0.15, 0.2) is 0 Å². The summed E-state index contributed by atoms with van der Waals surface area (Å²) in [7, 11) is 0. The summed E-state index contributed by atoms with van der Waals surface area (Å²) < 4.78 is 0. The highest BCUT2D eigenvalue weighted by atomic mass is 16.3. The third-order valence-corrected chi connectivity index (χ3v) is 4.86. The maximum atomic E-state index is 10.1. The maximum absolute atomic E-state index is 10.1. The summed E-state index contributed by atoms with van der Waals surface area (Å²) in [4.78, 5) is 2.65. The van der Waals surface area contributed by atoms with Crippen molar-refractivity contribution in [1.29, 1.82) is 0 Å². The quantitative estimate of drug-likeness (QED) is 0.818. The van der Waals surface area contributed by atoms with Gasteiger partial charge in [-0.05, 0) is 56.4 Å². The highest BCUT2D eigenvalue weighted by Gasteiger charge is 2.33. The molecule has 0 spiro atoms. The third-order valence-electron chi connectivity index (χ3n) is 4.86. The standard InChI is InChI=1S/C15H29NO/c1-11(2)14-5-4-8-16(14)10-13-9-12(3)6-7-15(13)17/h11-15,17H,4-10H2,1-3H3. The van der Waals surface area contributed by atoms with Crippen LogP contribution in [0.4, 0.5) is 0 Å². The number of rotatable bonds is 3. The van der Waals surface area contributed by atoms with Gasteiger partial charge in [0.2, 0.25) is 0 Å². The zero-order valence-electron chi connectivity index (χ0n) is 11.7. The first kappa shape index (κ1) is 13.4. The Labute approximate surface area is 106 Å². The molecular weight excluding hydrogens is 210 g/mol. The Morgan fingerprint density at radius 1 is 1.24 bits per heavy atom. The number of hydrogen-bond donors (Lipinski definition) is 1. The van der Waals surface area contributed by atoms with Crippen LogP contribution in [0.25, 0.3) is 0 Å². The second-order valence-electron chi connectivity index (χ2n) is 6.69. The molecule has 2 nitrogen and oxygen atoms in total. The molecule has 1 heterocycles. The molecule has 2 heteroatoms. The molecule has 0 aromatic heterocycles. The van der Waals surface area contributed by atoms with Gasteiger partial charge in [0.25, 0.3) is 0 Å². The Balaban J connectivity index is 1.90. The van der Waals surface area contributed by atoms with Crippen LogP contribution >= 0.6 is 0 Å². The molecule has 1 N–H and O–H groups in total. The molecule has 1 aliphatic heterocycles.